The minimum atomic E-state index is -0.747. The SMILES string of the molecule is Cn1cnc(C2CC3CC(O)(Cc4c(Br)cnn4C)CC3C2)c1C(=O)Nc1ccc(F)c(Cl)c1. The number of carbonyl (C=O) groups excluding carboxylic acids is 1. The van der Waals surface area contributed by atoms with E-state index in [1.807, 2.05) is 11.7 Å². The summed E-state index contributed by atoms with van der Waals surface area (Å²) in [6.07, 6.45) is 7.23. The van der Waals surface area contributed by atoms with Gasteiger partial charge in [-0.15, -0.1) is 0 Å². The Morgan fingerprint density at radius 3 is 2.65 bits per heavy atom. The molecule has 1 aromatic carbocycles. The van der Waals surface area contributed by atoms with Crippen LogP contribution in [-0.2, 0) is 20.5 Å². The molecule has 2 aliphatic rings. The number of halogens is 3. The maximum Gasteiger partial charge on any atom is 0.274 e. The molecule has 2 N–H and O–H groups in total. The molecule has 0 spiro atoms. The number of amides is 1. The summed E-state index contributed by atoms with van der Waals surface area (Å²) in [4.78, 5) is 17.7. The number of carbonyl (C=O) groups is 1. The second kappa shape index (κ2) is 8.77. The molecule has 2 unspecified atom stereocenters. The highest BCUT2D eigenvalue weighted by Crippen LogP contribution is 2.54. The molecule has 7 nitrogen and oxygen atoms in total. The lowest BCUT2D eigenvalue weighted by atomic mass is 9.89. The molecule has 2 saturated carbocycles. The summed E-state index contributed by atoms with van der Waals surface area (Å²) in [5.74, 6) is 0.0924. The zero-order valence-electron chi connectivity index (χ0n) is 18.9. The Hall–Kier alpha value is -2.23. The Kier molecular flexibility index (Phi) is 6.06. The maximum atomic E-state index is 13.5. The smallest absolute Gasteiger partial charge is 0.274 e. The molecule has 5 rings (SSSR count). The molecule has 2 aliphatic carbocycles. The number of aryl methyl sites for hydroxylation is 2. The quantitative estimate of drug-likeness (QED) is 0.476. The van der Waals surface area contributed by atoms with Gasteiger partial charge in [0.1, 0.15) is 11.5 Å². The molecule has 2 fully saturated rings. The van der Waals surface area contributed by atoms with Crippen LogP contribution in [0.1, 0.15) is 53.5 Å². The number of aliphatic hydroxyl groups is 1. The Bertz CT molecular complexity index is 1220. The van der Waals surface area contributed by atoms with Crippen LogP contribution >= 0.6 is 27.5 Å². The van der Waals surface area contributed by atoms with Gasteiger partial charge in [0.25, 0.3) is 5.91 Å². The van der Waals surface area contributed by atoms with Crippen LogP contribution in [0, 0.1) is 17.7 Å². The molecule has 2 heterocycles. The van der Waals surface area contributed by atoms with Gasteiger partial charge in [0.05, 0.1) is 39.0 Å². The number of nitrogens with one attached hydrogen (secondary N) is 1. The number of fused-ring (bicyclic) bond motifs is 1. The summed E-state index contributed by atoms with van der Waals surface area (Å²) < 4.78 is 17.9. The molecular formula is C24H26BrClFN5O2. The van der Waals surface area contributed by atoms with Crippen LogP contribution in [0.25, 0.3) is 0 Å². The van der Waals surface area contributed by atoms with E-state index < -0.39 is 11.4 Å². The topological polar surface area (TPSA) is 85.0 Å². The molecule has 10 heteroatoms. The fourth-order valence-corrected chi connectivity index (χ4v) is 6.54. The van der Waals surface area contributed by atoms with Crippen LogP contribution in [-0.4, -0.2) is 35.9 Å². The van der Waals surface area contributed by atoms with Gasteiger partial charge >= 0.3 is 0 Å². The van der Waals surface area contributed by atoms with Crippen molar-refractivity contribution in [1.29, 1.82) is 0 Å². The van der Waals surface area contributed by atoms with Gasteiger partial charge in [-0.05, 0) is 71.6 Å². The lowest BCUT2D eigenvalue weighted by Gasteiger charge is -2.25. The summed E-state index contributed by atoms with van der Waals surface area (Å²) in [6, 6.07) is 4.11. The zero-order valence-corrected chi connectivity index (χ0v) is 21.3. The van der Waals surface area contributed by atoms with Gasteiger partial charge in [-0.3, -0.25) is 9.48 Å². The summed E-state index contributed by atoms with van der Waals surface area (Å²) >= 11 is 9.39. The van der Waals surface area contributed by atoms with E-state index >= 15 is 0 Å². The third kappa shape index (κ3) is 4.29. The fourth-order valence-electron chi connectivity index (χ4n) is 5.87. The number of aromatic nitrogens is 4. The van der Waals surface area contributed by atoms with Gasteiger partial charge < -0.3 is 15.0 Å². The first-order chi connectivity index (χ1) is 16.1. The Morgan fingerprint density at radius 2 is 2.03 bits per heavy atom. The summed E-state index contributed by atoms with van der Waals surface area (Å²) in [5.41, 5.74) is 1.96. The van der Waals surface area contributed by atoms with E-state index in [0.717, 1.165) is 41.5 Å². The molecule has 0 radical (unpaired) electrons. The Morgan fingerprint density at radius 1 is 1.32 bits per heavy atom. The van der Waals surface area contributed by atoms with Gasteiger partial charge in [0.15, 0.2) is 0 Å². The molecule has 0 saturated heterocycles. The molecule has 2 aromatic heterocycles. The average molecular weight is 551 g/mol. The number of nitrogens with zero attached hydrogens (tertiary/aromatic N) is 4. The lowest BCUT2D eigenvalue weighted by Crippen LogP contribution is -2.30. The van der Waals surface area contributed by atoms with Gasteiger partial charge in [-0.2, -0.15) is 5.10 Å². The fraction of sp³-hybridized carbons (Fsp3) is 0.458. The first-order valence-electron chi connectivity index (χ1n) is 11.3. The minimum absolute atomic E-state index is 0.0442. The number of hydrogen-bond donors (Lipinski definition) is 2. The first-order valence-corrected chi connectivity index (χ1v) is 12.5. The number of hydrogen-bond acceptors (Lipinski definition) is 4. The molecule has 2 atom stereocenters. The molecule has 180 valence electrons. The van der Waals surface area contributed by atoms with Crippen LogP contribution in [0.15, 0.2) is 35.2 Å². The van der Waals surface area contributed by atoms with Crippen LogP contribution < -0.4 is 5.32 Å². The van der Waals surface area contributed by atoms with Crippen LogP contribution in [0.4, 0.5) is 10.1 Å². The van der Waals surface area contributed by atoms with E-state index in [1.54, 1.807) is 24.1 Å². The summed E-state index contributed by atoms with van der Waals surface area (Å²) in [7, 11) is 3.69. The van der Waals surface area contributed by atoms with Crippen LogP contribution in [0.5, 0.6) is 0 Å². The Labute approximate surface area is 210 Å². The van der Waals surface area contributed by atoms with Gasteiger partial charge in [0, 0.05) is 32.1 Å². The maximum absolute atomic E-state index is 13.5. The molecule has 3 aromatic rings. The highest BCUT2D eigenvalue weighted by Gasteiger charge is 2.50. The van der Waals surface area contributed by atoms with Crippen molar-refractivity contribution >= 4 is 39.1 Å². The van der Waals surface area contributed by atoms with Crippen molar-refractivity contribution in [2.75, 3.05) is 5.32 Å². The molecule has 0 bridgehead atoms. The van der Waals surface area contributed by atoms with Gasteiger partial charge in [-0.25, -0.2) is 9.37 Å². The van der Waals surface area contributed by atoms with Crippen molar-refractivity contribution in [3.63, 3.8) is 0 Å². The van der Waals surface area contributed by atoms with E-state index in [1.165, 1.54) is 18.2 Å². The third-order valence-electron chi connectivity index (χ3n) is 7.38. The van der Waals surface area contributed by atoms with Crippen molar-refractivity contribution in [3.8, 4) is 0 Å². The van der Waals surface area contributed by atoms with Crippen molar-refractivity contribution in [2.45, 2.75) is 43.6 Å². The predicted octanol–water partition coefficient (Wildman–Crippen LogP) is 4.84. The zero-order chi connectivity index (χ0) is 24.2. The minimum Gasteiger partial charge on any atom is -0.389 e. The van der Waals surface area contributed by atoms with E-state index in [9.17, 15) is 14.3 Å². The standard InChI is InChI=1S/C24H26BrClFN5O2/c1-31-12-28-21(22(31)23(33)30-16-3-4-19(27)18(26)7-16)13-5-14-8-24(34,9-15(14)6-13)10-20-17(25)11-29-32(20)2/h3-4,7,11-15,34H,5-6,8-10H2,1-2H3,(H,30,33). The normalized spacial score (nSPS) is 26.1. The highest BCUT2D eigenvalue weighted by atomic mass is 79.9. The van der Waals surface area contributed by atoms with Gasteiger partial charge in [0.2, 0.25) is 0 Å². The molecule has 34 heavy (non-hydrogen) atoms. The first kappa shape index (κ1) is 23.5. The number of rotatable bonds is 5. The number of imidazole rings is 1. The van der Waals surface area contributed by atoms with Crippen molar-refractivity contribution in [1.82, 2.24) is 19.3 Å². The number of anilines is 1. The third-order valence-corrected chi connectivity index (χ3v) is 8.33. The lowest BCUT2D eigenvalue weighted by molar-refractivity contribution is 0.0365. The van der Waals surface area contributed by atoms with Crippen LogP contribution in [0.3, 0.4) is 0 Å². The van der Waals surface area contributed by atoms with Crippen molar-refractivity contribution < 1.29 is 14.3 Å². The van der Waals surface area contributed by atoms with E-state index in [2.05, 4.69) is 31.3 Å². The summed E-state index contributed by atoms with van der Waals surface area (Å²) in [5, 5.41) is 18.4. The average Bonchev–Trinajstić information content (AvgIpc) is 3.49. The molecule has 1 amide bonds. The molecular weight excluding hydrogens is 525 g/mol. The largest absolute Gasteiger partial charge is 0.389 e. The second-order valence-electron chi connectivity index (χ2n) is 9.73. The van der Waals surface area contributed by atoms with Crippen molar-refractivity contribution in [2.24, 2.45) is 25.9 Å². The van der Waals surface area contributed by atoms with Crippen molar-refractivity contribution in [3.05, 3.63) is 63.1 Å². The Balaban J connectivity index is 1.29. The predicted molar refractivity (Wildman–Crippen MR) is 130 cm³/mol. The monoisotopic (exact) mass is 549 g/mol. The van der Waals surface area contributed by atoms with E-state index in [-0.39, 0.29) is 16.8 Å². The van der Waals surface area contributed by atoms with Crippen LogP contribution in [0.2, 0.25) is 5.02 Å². The molecule has 0 aliphatic heterocycles. The van der Waals surface area contributed by atoms with E-state index in [4.69, 9.17) is 11.6 Å². The van der Waals surface area contributed by atoms with E-state index in [0.29, 0.717) is 29.6 Å². The number of benzene rings is 1. The summed E-state index contributed by atoms with van der Waals surface area (Å²) in [6.45, 7) is 0. The second-order valence-corrected chi connectivity index (χ2v) is 11.0. The highest BCUT2D eigenvalue weighted by molar-refractivity contribution is 9.10. The van der Waals surface area contributed by atoms with Gasteiger partial charge in [-0.1, -0.05) is 11.6 Å².